The summed E-state index contributed by atoms with van der Waals surface area (Å²) >= 11 is 0. The van der Waals surface area contributed by atoms with Crippen LogP contribution >= 0.6 is 0 Å². The average molecular weight is 346 g/mol. The van der Waals surface area contributed by atoms with Crippen molar-refractivity contribution < 1.29 is 29.3 Å². The molecule has 25 heavy (non-hydrogen) atoms. The number of carbonyl (C=O) groups excluding carboxylic acids is 2. The third-order valence-electron chi connectivity index (χ3n) is 4.55. The van der Waals surface area contributed by atoms with Crippen LogP contribution in [-0.4, -0.2) is 52.3 Å². The van der Waals surface area contributed by atoms with Gasteiger partial charge in [-0.2, -0.15) is 0 Å². The number of benzene rings is 1. The van der Waals surface area contributed by atoms with Gasteiger partial charge in [-0.25, -0.2) is 9.59 Å². The van der Waals surface area contributed by atoms with E-state index in [1.807, 2.05) is 0 Å². The topological polar surface area (TPSA) is 116 Å². The molecule has 132 valence electrons. The van der Waals surface area contributed by atoms with Crippen molar-refractivity contribution in [3.63, 3.8) is 0 Å². The molecule has 0 aliphatic carbocycles. The number of hydrogen-bond acceptors (Lipinski definition) is 5. The molecule has 1 aromatic rings. The van der Waals surface area contributed by atoms with Crippen LogP contribution in [-0.2, 0) is 9.59 Å². The van der Waals surface area contributed by atoms with Gasteiger partial charge in [0.25, 0.3) is 0 Å². The standard InChI is InChI=1S/C17H18N2O6/c1-8(20)13-12-7-11(14(16(22)23)19(12)15(13)21)9-3-5-10(6-4-9)25-17(24)18-2/h3-6,8,12-13,20H,7H2,1-2H3,(H,18,24)(H,22,23)/t8-,12-,13-/m1/s1. The van der Waals surface area contributed by atoms with Gasteiger partial charge < -0.3 is 25.2 Å². The summed E-state index contributed by atoms with van der Waals surface area (Å²) in [6.45, 7) is 1.53. The van der Waals surface area contributed by atoms with Gasteiger partial charge in [-0.05, 0) is 36.6 Å². The van der Waals surface area contributed by atoms with Gasteiger partial charge in [0.1, 0.15) is 11.4 Å². The molecule has 3 atom stereocenters. The van der Waals surface area contributed by atoms with Crippen LogP contribution in [0.25, 0.3) is 5.57 Å². The third kappa shape index (κ3) is 2.74. The fourth-order valence-electron chi connectivity index (χ4n) is 3.41. The second-order valence-electron chi connectivity index (χ2n) is 6.04. The van der Waals surface area contributed by atoms with Crippen LogP contribution in [0.2, 0.25) is 0 Å². The molecule has 0 spiro atoms. The molecule has 2 amide bonds. The van der Waals surface area contributed by atoms with Gasteiger partial charge in [-0.3, -0.25) is 4.79 Å². The zero-order valence-electron chi connectivity index (χ0n) is 13.7. The minimum Gasteiger partial charge on any atom is -0.477 e. The van der Waals surface area contributed by atoms with Crippen molar-refractivity contribution in [3.8, 4) is 5.75 Å². The molecule has 8 nitrogen and oxygen atoms in total. The predicted octanol–water partition coefficient (Wildman–Crippen LogP) is 0.812. The number of carboxylic acid groups (broad SMARTS) is 1. The first-order chi connectivity index (χ1) is 11.8. The largest absolute Gasteiger partial charge is 0.477 e. The fraction of sp³-hybridized carbons (Fsp3) is 0.353. The van der Waals surface area contributed by atoms with Crippen molar-refractivity contribution in [2.45, 2.75) is 25.5 Å². The SMILES string of the molecule is CNC(=O)Oc1ccc(C2=C(C(=O)O)N3C(=O)[C@H]([C@@H](C)O)[C@H]3C2)cc1. The molecule has 0 bridgehead atoms. The van der Waals surface area contributed by atoms with Crippen molar-refractivity contribution in [2.24, 2.45) is 5.92 Å². The Morgan fingerprint density at radius 2 is 1.96 bits per heavy atom. The van der Waals surface area contributed by atoms with Crippen LogP contribution < -0.4 is 10.1 Å². The number of amides is 2. The summed E-state index contributed by atoms with van der Waals surface area (Å²) in [6, 6.07) is 6.06. The fourth-order valence-corrected chi connectivity index (χ4v) is 3.41. The number of nitrogens with zero attached hydrogens (tertiary/aromatic N) is 1. The van der Waals surface area contributed by atoms with Gasteiger partial charge >= 0.3 is 12.1 Å². The zero-order valence-corrected chi connectivity index (χ0v) is 13.7. The third-order valence-corrected chi connectivity index (χ3v) is 4.55. The molecular weight excluding hydrogens is 328 g/mol. The number of aliphatic hydroxyl groups is 1. The van der Waals surface area contributed by atoms with E-state index in [1.165, 1.54) is 18.9 Å². The number of nitrogens with one attached hydrogen (secondary N) is 1. The number of β-lactam (4-membered cyclic amide) rings is 1. The number of rotatable bonds is 4. The number of fused-ring (bicyclic) bond motifs is 1. The summed E-state index contributed by atoms with van der Waals surface area (Å²) in [6.07, 6.45) is -1.07. The first-order valence-electron chi connectivity index (χ1n) is 7.82. The summed E-state index contributed by atoms with van der Waals surface area (Å²) in [5, 5.41) is 21.6. The van der Waals surface area contributed by atoms with Gasteiger partial charge in [0, 0.05) is 7.05 Å². The number of carbonyl (C=O) groups is 3. The van der Waals surface area contributed by atoms with Crippen molar-refractivity contribution in [1.29, 1.82) is 0 Å². The lowest BCUT2D eigenvalue weighted by Gasteiger charge is -2.44. The lowest BCUT2D eigenvalue weighted by atomic mass is 9.82. The van der Waals surface area contributed by atoms with Crippen LogP contribution in [0.3, 0.4) is 0 Å². The smallest absolute Gasteiger partial charge is 0.412 e. The van der Waals surface area contributed by atoms with Crippen molar-refractivity contribution >= 4 is 23.5 Å². The maximum Gasteiger partial charge on any atom is 0.412 e. The Hall–Kier alpha value is -2.87. The van der Waals surface area contributed by atoms with Crippen LogP contribution in [0.5, 0.6) is 5.75 Å². The first kappa shape index (κ1) is 17.0. The second kappa shape index (κ2) is 6.21. The zero-order chi connectivity index (χ0) is 18.3. The van der Waals surface area contributed by atoms with Crippen LogP contribution in [0, 0.1) is 5.92 Å². The van der Waals surface area contributed by atoms with E-state index in [1.54, 1.807) is 24.3 Å². The molecule has 0 saturated carbocycles. The summed E-state index contributed by atoms with van der Waals surface area (Å²) in [4.78, 5) is 36.3. The molecule has 2 aliphatic rings. The molecule has 1 fully saturated rings. The summed E-state index contributed by atoms with van der Waals surface area (Å²) in [7, 11) is 1.44. The minimum atomic E-state index is -1.18. The van der Waals surface area contributed by atoms with E-state index in [2.05, 4.69) is 5.32 Å². The van der Waals surface area contributed by atoms with Crippen LogP contribution in [0.1, 0.15) is 18.9 Å². The Labute approximate surface area is 143 Å². The lowest BCUT2D eigenvalue weighted by Crippen LogP contribution is -2.61. The Bertz CT molecular complexity index is 768. The van der Waals surface area contributed by atoms with E-state index < -0.39 is 24.1 Å². The van der Waals surface area contributed by atoms with Gasteiger partial charge in [-0.1, -0.05) is 12.1 Å². The minimum absolute atomic E-state index is 0.0492. The highest BCUT2D eigenvalue weighted by molar-refractivity contribution is 6.06. The summed E-state index contributed by atoms with van der Waals surface area (Å²) in [5.74, 6) is -1.81. The normalized spacial score (nSPS) is 23.0. The molecule has 3 rings (SSSR count). The van der Waals surface area contributed by atoms with E-state index in [0.29, 0.717) is 23.3 Å². The maximum atomic E-state index is 12.2. The van der Waals surface area contributed by atoms with Crippen LogP contribution in [0.4, 0.5) is 4.79 Å². The van der Waals surface area contributed by atoms with Crippen molar-refractivity contribution in [1.82, 2.24) is 10.2 Å². The number of ether oxygens (including phenoxy) is 1. The van der Waals surface area contributed by atoms with E-state index >= 15 is 0 Å². The molecular formula is C17H18N2O6. The van der Waals surface area contributed by atoms with Gasteiger partial charge in [-0.15, -0.1) is 0 Å². The molecule has 2 aliphatic heterocycles. The first-order valence-corrected chi connectivity index (χ1v) is 7.82. The highest BCUT2D eigenvalue weighted by Gasteiger charge is 2.56. The lowest BCUT2D eigenvalue weighted by molar-refractivity contribution is -0.161. The molecule has 0 unspecified atom stereocenters. The van der Waals surface area contributed by atoms with Gasteiger partial charge in [0.2, 0.25) is 5.91 Å². The van der Waals surface area contributed by atoms with E-state index in [9.17, 15) is 24.6 Å². The monoisotopic (exact) mass is 346 g/mol. The molecule has 3 N–H and O–H groups in total. The summed E-state index contributed by atoms with van der Waals surface area (Å²) in [5.41, 5.74) is 1.11. The van der Waals surface area contributed by atoms with E-state index in [0.717, 1.165) is 0 Å². The predicted molar refractivity (Wildman–Crippen MR) is 86.5 cm³/mol. The van der Waals surface area contributed by atoms with Gasteiger partial charge in [0.05, 0.1) is 18.1 Å². The van der Waals surface area contributed by atoms with E-state index in [4.69, 9.17) is 4.74 Å². The van der Waals surface area contributed by atoms with Crippen molar-refractivity contribution in [2.75, 3.05) is 7.05 Å². The Balaban J connectivity index is 1.90. The van der Waals surface area contributed by atoms with E-state index in [-0.39, 0.29) is 17.6 Å². The number of carboxylic acids is 1. The maximum absolute atomic E-state index is 12.2. The van der Waals surface area contributed by atoms with Crippen LogP contribution in [0.15, 0.2) is 30.0 Å². The number of aliphatic hydroxyl groups excluding tert-OH is 1. The molecule has 0 aromatic heterocycles. The number of aliphatic carboxylic acids is 1. The molecule has 8 heteroatoms. The number of hydrogen-bond donors (Lipinski definition) is 3. The quantitative estimate of drug-likeness (QED) is 0.695. The highest BCUT2D eigenvalue weighted by atomic mass is 16.5. The van der Waals surface area contributed by atoms with Crippen molar-refractivity contribution in [3.05, 3.63) is 35.5 Å². The second-order valence-corrected chi connectivity index (χ2v) is 6.04. The molecule has 1 aromatic carbocycles. The highest BCUT2D eigenvalue weighted by Crippen LogP contribution is 2.46. The molecule has 0 radical (unpaired) electrons. The molecule has 2 heterocycles. The Morgan fingerprint density at radius 1 is 1.32 bits per heavy atom. The summed E-state index contributed by atoms with van der Waals surface area (Å²) < 4.78 is 5.00. The molecule has 1 saturated heterocycles. The average Bonchev–Trinajstić information content (AvgIpc) is 2.90. The van der Waals surface area contributed by atoms with Gasteiger partial charge in [0.15, 0.2) is 0 Å². The Morgan fingerprint density at radius 3 is 2.48 bits per heavy atom. The Kier molecular flexibility index (Phi) is 4.22.